The number of carbonyl (C=O) groups is 4. The zero-order valence-corrected chi connectivity index (χ0v) is 32.0. The average molecular weight is 783 g/mol. The van der Waals surface area contributed by atoms with Crippen LogP contribution in [0.2, 0.25) is 0 Å². The number of benzene rings is 3. The van der Waals surface area contributed by atoms with E-state index in [1.54, 1.807) is 85.1 Å². The first-order valence-corrected chi connectivity index (χ1v) is 18.6. The van der Waals surface area contributed by atoms with Crippen molar-refractivity contribution in [3.8, 4) is 33.9 Å². The fraction of sp³-hybridized carbons (Fsp3) is 0.238. The van der Waals surface area contributed by atoms with Crippen LogP contribution in [0, 0.1) is 0 Å². The summed E-state index contributed by atoms with van der Waals surface area (Å²) in [5.74, 6) is 0.411. The molecule has 3 aromatic carbocycles. The summed E-state index contributed by atoms with van der Waals surface area (Å²) in [7, 11) is 2.65. The van der Waals surface area contributed by atoms with Crippen LogP contribution in [0.1, 0.15) is 66.7 Å². The number of likely N-dealkylation sites (N-methyl/N-ethyl adjacent to an activating group) is 1. The van der Waals surface area contributed by atoms with Crippen molar-refractivity contribution in [3.05, 3.63) is 132 Å². The van der Waals surface area contributed by atoms with Crippen molar-refractivity contribution in [3.63, 3.8) is 0 Å². The van der Waals surface area contributed by atoms with E-state index < -0.39 is 36.2 Å². The Balaban J connectivity index is 0.996. The van der Waals surface area contributed by atoms with Crippen molar-refractivity contribution < 1.29 is 29.0 Å². The van der Waals surface area contributed by atoms with Gasteiger partial charge in [0.2, 0.25) is 5.91 Å². The number of carboxylic acid groups (broad SMARTS) is 1. The summed E-state index contributed by atoms with van der Waals surface area (Å²) < 4.78 is 4.72. The Morgan fingerprint density at radius 1 is 0.793 bits per heavy atom. The molecule has 16 heteroatoms. The quantitative estimate of drug-likeness (QED) is 0.0947. The number of aromatic nitrogens is 6. The maximum Gasteiger partial charge on any atom is 0.407 e. The number of rotatable bonds is 12. The number of nitrogens with one attached hydrogen (secondary N) is 4. The number of methoxy groups -OCH3 is 1. The van der Waals surface area contributed by atoms with E-state index in [-0.39, 0.29) is 11.9 Å². The number of aromatic amines is 2. The molecular formula is C42H42N10O6. The lowest BCUT2D eigenvalue weighted by molar-refractivity contribution is -0.137. The third-order valence-electron chi connectivity index (χ3n) is 10.1. The zero-order chi connectivity index (χ0) is 40.8. The molecule has 0 spiro atoms. The molecule has 3 aromatic heterocycles. The van der Waals surface area contributed by atoms with Gasteiger partial charge in [0.05, 0.1) is 61.1 Å². The van der Waals surface area contributed by atoms with Crippen molar-refractivity contribution in [2.45, 2.75) is 43.9 Å². The molecule has 58 heavy (non-hydrogen) atoms. The Bertz CT molecular complexity index is 2370. The third kappa shape index (κ3) is 8.40. The van der Waals surface area contributed by atoms with Crippen molar-refractivity contribution in [2.24, 2.45) is 0 Å². The number of imidazole rings is 2. The number of likely N-dealkylation sites (tertiary alicyclic amines) is 1. The first-order valence-electron chi connectivity index (χ1n) is 18.6. The smallest absolute Gasteiger partial charge is 0.407 e. The number of nitrogens with zero attached hydrogens (tertiary/aromatic N) is 6. The fourth-order valence-electron chi connectivity index (χ4n) is 7.01. The van der Waals surface area contributed by atoms with E-state index in [2.05, 4.69) is 40.5 Å². The SMILES string of the molecule is COC(=O)N[C@@H](C(=O)N[C@@H](C)c1ncc(-c2ccc(-c3cnc(-c4cnc([C@@H]5CCCN5C(=O)[C@@H](c5ccccc5)N(C)C(=O)O)[nH]4)cn3)cc2)[nH]1)c1ccccc1. The monoisotopic (exact) mass is 782 g/mol. The molecular weight excluding hydrogens is 741 g/mol. The lowest BCUT2D eigenvalue weighted by Gasteiger charge is -2.32. The van der Waals surface area contributed by atoms with E-state index >= 15 is 0 Å². The van der Waals surface area contributed by atoms with E-state index in [0.717, 1.165) is 28.1 Å². The van der Waals surface area contributed by atoms with E-state index in [9.17, 15) is 24.3 Å². The van der Waals surface area contributed by atoms with Gasteiger partial charge in [0.25, 0.3) is 5.91 Å². The molecule has 1 fully saturated rings. The first-order chi connectivity index (χ1) is 28.1. The molecule has 6 aromatic rings. The Labute approximate surface area is 333 Å². The van der Waals surface area contributed by atoms with E-state index in [1.807, 2.05) is 36.4 Å². The number of hydrogen-bond donors (Lipinski definition) is 5. The van der Waals surface area contributed by atoms with Crippen LogP contribution in [0.25, 0.3) is 33.9 Å². The minimum absolute atomic E-state index is 0.304. The molecule has 4 amide bonds. The second kappa shape index (κ2) is 17.2. The largest absolute Gasteiger partial charge is 0.465 e. The summed E-state index contributed by atoms with van der Waals surface area (Å²) in [6, 6.07) is 22.7. The molecule has 4 heterocycles. The summed E-state index contributed by atoms with van der Waals surface area (Å²) in [6.45, 7) is 2.28. The van der Waals surface area contributed by atoms with Gasteiger partial charge in [0, 0.05) is 19.2 Å². The lowest BCUT2D eigenvalue weighted by Crippen LogP contribution is -2.43. The molecule has 7 rings (SSSR count). The molecule has 1 aliphatic heterocycles. The van der Waals surface area contributed by atoms with E-state index in [0.29, 0.717) is 52.8 Å². The Kier molecular flexibility index (Phi) is 11.5. The van der Waals surface area contributed by atoms with Gasteiger partial charge in [-0.2, -0.15) is 0 Å². The molecule has 0 aliphatic carbocycles. The van der Waals surface area contributed by atoms with E-state index in [1.165, 1.54) is 14.2 Å². The van der Waals surface area contributed by atoms with Crippen molar-refractivity contribution >= 4 is 24.0 Å². The van der Waals surface area contributed by atoms with Gasteiger partial charge in [-0.05, 0) is 36.5 Å². The lowest BCUT2D eigenvalue weighted by atomic mass is 10.0. The van der Waals surface area contributed by atoms with Crippen LogP contribution in [0.3, 0.4) is 0 Å². The fourth-order valence-corrected chi connectivity index (χ4v) is 7.01. The van der Waals surface area contributed by atoms with Gasteiger partial charge in [-0.15, -0.1) is 0 Å². The van der Waals surface area contributed by atoms with Crippen LogP contribution in [0.15, 0.2) is 110 Å². The summed E-state index contributed by atoms with van der Waals surface area (Å²) in [4.78, 5) is 78.8. The summed E-state index contributed by atoms with van der Waals surface area (Å²) in [6.07, 6.45) is 6.22. The van der Waals surface area contributed by atoms with Crippen LogP contribution < -0.4 is 10.6 Å². The van der Waals surface area contributed by atoms with Gasteiger partial charge < -0.3 is 35.3 Å². The van der Waals surface area contributed by atoms with Crippen molar-refractivity contribution in [1.82, 2.24) is 50.3 Å². The Morgan fingerprint density at radius 2 is 1.43 bits per heavy atom. The highest BCUT2D eigenvalue weighted by atomic mass is 16.5. The second-order valence-electron chi connectivity index (χ2n) is 13.8. The summed E-state index contributed by atoms with van der Waals surface area (Å²) in [5.41, 5.74) is 5.54. The van der Waals surface area contributed by atoms with Crippen molar-refractivity contribution in [2.75, 3.05) is 20.7 Å². The number of hydrogen-bond acceptors (Lipinski definition) is 9. The molecule has 16 nitrogen and oxygen atoms in total. The minimum atomic E-state index is -1.19. The van der Waals surface area contributed by atoms with Crippen LogP contribution in [0.4, 0.5) is 9.59 Å². The summed E-state index contributed by atoms with van der Waals surface area (Å²) >= 11 is 0. The highest BCUT2D eigenvalue weighted by Crippen LogP contribution is 2.35. The first kappa shape index (κ1) is 38.9. The highest BCUT2D eigenvalue weighted by molar-refractivity contribution is 5.88. The normalized spacial score (nSPS) is 15.2. The summed E-state index contributed by atoms with van der Waals surface area (Å²) in [5, 5.41) is 15.3. The maximum atomic E-state index is 13.9. The molecule has 0 bridgehead atoms. The molecule has 4 atom stereocenters. The molecule has 1 saturated heterocycles. The second-order valence-corrected chi connectivity index (χ2v) is 13.8. The molecule has 5 N–H and O–H groups in total. The van der Waals surface area contributed by atoms with Crippen LogP contribution >= 0.6 is 0 Å². The minimum Gasteiger partial charge on any atom is -0.465 e. The number of H-pyrrole nitrogens is 2. The van der Waals surface area contributed by atoms with Crippen LogP contribution in [-0.4, -0.2) is 89.5 Å². The predicted molar refractivity (Wildman–Crippen MR) is 213 cm³/mol. The zero-order valence-electron chi connectivity index (χ0n) is 32.0. The van der Waals surface area contributed by atoms with Gasteiger partial charge in [-0.25, -0.2) is 19.6 Å². The van der Waals surface area contributed by atoms with Gasteiger partial charge in [0.1, 0.15) is 29.4 Å². The standard InChI is InChI=1S/C42H42N10O6/c1-25(47-39(53)35(50-41(55)58-3)28-11-6-4-7-12-28)37-45-22-31(48-37)27-18-16-26(17-19-27)30-21-44-32(23-43-30)33-24-46-38(49-33)34-15-10-20-52(34)40(54)36(51(2)42(56)57)29-13-8-5-9-14-29/h4-9,11-14,16-19,21-25,34-36H,10,15,20H2,1-3H3,(H,45,48)(H,46,49)(H,47,53)(H,50,55)(H,56,57)/t25-,34-,35+,36+/m0/s1. The molecule has 0 saturated carbocycles. The molecule has 0 unspecified atom stereocenters. The van der Waals surface area contributed by atoms with Crippen LogP contribution in [-0.2, 0) is 14.3 Å². The predicted octanol–water partition coefficient (Wildman–Crippen LogP) is 6.21. The number of ether oxygens (including phenoxy) is 1. The van der Waals surface area contributed by atoms with Gasteiger partial charge in [-0.3, -0.25) is 24.5 Å². The average Bonchev–Trinajstić information content (AvgIpc) is 4.06. The van der Waals surface area contributed by atoms with Gasteiger partial charge in [0.15, 0.2) is 0 Å². The number of alkyl carbamates (subject to hydrolysis) is 1. The third-order valence-corrected chi connectivity index (χ3v) is 10.1. The van der Waals surface area contributed by atoms with Gasteiger partial charge in [-0.1, -0.05) is 84.9 Å². The topological polar surface area (TPSA) is 211 Å². The highest BCUT2D eigenvalue weighted by Gasteiger charge is 2.39. The molecule has 0 radical (unpaired) electrons. The molecule has 1 aliphatic rings. The van der Waals surface area contributed by atoms with Gasteiger partial charge >= 0.3 is 12.2 Å². The van der Waals surface area contributed by atoms with E-state index in [4.69, 9.17) is 4.74 Å². The van der Waals surface area contributed by atoms with Crippen LogP contribution in [0.5, 0.6) is 0 Å². The molecule has 296 valence electrons. The maximum absolute atomic E-state index is 13.9. The number of carbonyl (C=O) groups excluding carboxylic acids is 3. The Hall–Kier alpha value is -7.36. The number of amides is 4. The Morgan fingerprint density at radius 3 is 2.09 bits per heavy atom. The van der Waals surface area contributed by atoms with Crippen molar-refractivity contribution in [1.29, 1.82) is 0 Å².